The van der Waals surface area contributed by atoms with Crippen molar-refractivity contribution in [2.75, 3.05) is 31.6 Å². The maximum absolute atomic E-state index is 5.32. The summed E-state index contributed by atoms with van der Waals surface area (Å²) < 4.78 is 5.32. The monoisotopic (exact) mass is 324 g/mol. The normalized spacial score (nSPS) is 14.2. The van der Waals surface area contributed by atoms with Crippen LogP contribution in [0.5, 0.6) is 0 Å². The number of nitrogens with zero attached hydrogens (tertiary/aromatic N) is 2. The lowest BCUT2D eigenvalue weighted by Gasteiger charge is -2.18. The van der Waals surface area contributed by atoms with Gasteiger partial charge in [-0.25, -0.2) is 0 Å². The first kappa shape index (κ1) is 16.2. The van der Waals surface area contributed by atoms with Crippen molar-refractivity contribution in [3.63, 3.8) is 0 Å². The minimum Gasteiger partial charge on any atom is -0.469 e. The highest BCUT2D eigenvalue weighted by Crippen LogP contribution is 2.17. The zero-order valence-corrected chi connectivity index (χ0v) is 14.0. The van der Waals surface area contributed by atoms with Crippen molar-refractivity contribution in [2.45, 2.75) is 13.0 Å². The van der Waals surface area contributed by atoms with Gasteiger partial charge in [0.25, 0.3) is 0 Å². The van der Waals surface area contributed by atoms with Crippen LogP contribution in [0.25, 0.3) is 0 Å². The first-order chi connectivity index (χ1) is 11.8. The van der Waals surface area contributed by atoms with Crippen LogP contribution in [-0.4, -0.2) is 32.6 Å². The number of guanidine groups is 1. The van der Waals surface area contributed by atoms with Crippen molar-refractivity contribution in [3.05, 3.63) is 66.1 Å². The van der Waals surface area contributed by atoms with Crippen LogP contribution in [0.2, 0.25) is 0 Å². The Bertz CT molecular complexity index is 666. The van der Waals surface area contributed by atoms with Gasteiger partial charge in [0, 0.05) is 45.3 Å². The minimum absolute atomic E-state index is 0.749. The number of anilines is 1. The van der Waals surface area contributed by atoms with Crippen LogP contribution in [-0.2, 0) is 13.0 Å². The van der Waals surface area contributed by atoms with Gasteiger partial charge >= 0.3 is 0 Å². The van der Waals surface area contributed by atoms with Gasteiger partial charge in [-0.2, -0.15) is 0 Å². The summed E-state index contributed by atoms with van der Waals surface area (Å²) >= 11 is 0. The molecule has 0 saturated heterocycles. The molecular weight excluding hydrogens is 300 g/mol. The molecule has 2 N–H and O–H groups in total. The highest BCUT2D eigenvalue weighted by molar-refractivity contribution is 5.79. The second-order valence-corrected chi connectivity index (χ2v) is 5.72. The lowest BCUT2D eigenvalue weighted by atomic mass is 10.2. The van der Waals surface area contributed by atoms with Gasteiger partial charge in [-0.1, -0.05) is 24.3 Å². The molecular formula is C19H24N4O. The zero-order valence-electron chi connectivity index (χ0n) is 14.0. The fourth-order valence-corrected chi connectivity index (χ4v) is 2.68. The highest BCUT2D eigenvalue weighted by Gasteiger charge is 2.07. The van der Waals surface area contributed by atoms with Gasteiger partial charge in [0.2, 0.25) is 0 Å². The fourth-order valence-electron chi connectivity index (χ4n) is 2.68. The standard InChI is InChI=1S/C19H24N4O/c1-20-19(21-11-10-18-5-4-14-24-18)22-15-16-6-8-17(9-7-16)23-12-2-3-13-23/h2-9,14H,10-13,15H2,1H3,(H2,20,21,22). The lowest BCUT2D eigenvalue weighted by Crippen LogP contribution is -2.37. The molecule has 1 aliphatic rings. The molecule has 0 unspecified atom stereocenters. The van der Waals surface area contributed by atoms with E-state index in [1.54, 1.807) is 13.3 Å². The summed E-state index contributed by atoms with van der Waals surface area (Å²) in [7, 11) is 1.78. The van der Waals surface area contributed by atoms with Crippen LogP contribution in [0.1, 0.15) is 11.3 Å². The Morgan fingerprint density at radius 1 is 1.12 bits per heavy atom. The van der Waals surface area contributed by atoms with Crippen molar-refractivity contribution < 1.29 is 4.42 Å². The third kappa shape index (κ3) is 4.41. The number of hydrogen-bond acceptors (Lipinski definition) is 3. The predicted octanol–water partition coefficient (Wildman–Crippen LogP) is 2.56. The smallest absolute Gasteiger partial charge is 0.191 e. The molecule has 126 valence electrons. The molecule has 0 atom stereocenters. The van der Waals surface area contributed by atoms with Crippen LogP contribution < -0.4 is 15.5 Å². The first-order valence-corrected chi connectivity index (χ1v) is 8.31. The summed E-state index contributed by atoms with van der Waals surface area (Å²) in [5, 5.41) is 6.63. The van der Waals surface area contributed by atoms with Gasteiger partial charge in [0.15, 0.2) is 5.96 Å². The van der Waals surface area contributed by atoms with E-state index in [0.29, 0.717) is 0 Å². The molecule has 3 rings (SSSR count). The summed E-state index contributed by atoms with van der Waals surface area (Å²) in [6.07, 6.45) is 6.94. The third-order valence-corrected chi connectivity index (χ3v) is 4.05. The van der Waals surface area contributed by atoms with Gasteiger partial charge in [0.1, 0.15) is 5.76 Å². The predicted molar refractivity (Wildman–Crippen MR) is 98.4 cm³/mol. The van der Waals surface area contributed by atoms with Crippen molar-refractivity contribution in [1.29, 1.82) is 0 Å². The topological polar surface area (TPSA) is 52.8 Å². The fraction of sp³-hybridized carbons (Fsp3) is 0.316. The molecule has 0 radical (unpaired) electrons. The van der Waals surface area contributed by atoms with E-state index in [1.807, 2.05) is 12.1 Å². The summed E-state index contributed by atoms with van der Waals surface area (Å²) in [4.78, 5) is 6.59. The first-order valence-electron chi connectivity index (χ1n) is 8.31. The van der Waals surface area contributed by atoms with Crippen LogP contribution in [0.3, 0.4) is 0 Å². The van der Waals surface area contributed by atoms with Crippen molar-refractivity contribution in [2.24, 2.45) is 4.99 Å². The molecule has 0 saturated carbocycles. The Labute approximate surface area is 143 Å². The Hall–Kier alpha value is -2.69. The molecule has 1 aromatic heterocycles. The van der Waals surface area contributed by atoms with E-state index in [0.717, 1.165) is 44.3 Å². The van der Waals surface area contributed by atoms with Gasteiger partial charge in [0.05, 0.1) is 6.26 Å². The Morgan fingerprint density at radius 3 is 2.58 bits per heavy atom. The average molecular weight is 324 g/mol. The molecule has 0 amide bonds. The van der Waals surface area contributed by atoms with Gasteiger partial charge in [-0.3, -0.25) is 4.99 Å². The van der Waals surface area contributed by atoms with Gasteiger partial charge < -0.3 is 20.0 Å². The Balaban J connectivity index is 1.43. The molecule has 24 heavy (non-hydrogen) atoms. The third-order valence-electron chi connectivity index (χ3n) is 4.05. The zero-order chi connectivity index (χ0) is 16.6. The van der Waals surface area contributed by atoms with E-state index in [9.17, 15) is 0 Å². The summed E-state index contributed by atoms with van der Waals surface area (Å²) in [6.45, 7) is 3.54. The Morgan fingerprint density at radius 2 is 1.92 bits per heavy atom. The number of rotatable bonds is 6. The van der Waals surface area contributed by atoms with Crippen molar-refractivity contribution >= 4 is 11.6 Å². The quantitative estimate of drug-likeness (QED) is 0.487. The molecule has 0 spiro atoms. The van der Waals surface area contributed by atoms with Crippen LogP contribution in [0, 0.1) is 0 Å². The van der Waals surface area contributed by atoms with E-state index < -0.39 is 0 Å². The molecule has 2 aromatic rings. The molecule has 0 fully saturated rings. The molecule has 0 aliphatic carbocycles. The van der Waals surface area contributed by atoms with Crippen LogP contribution >= 0.6 is 0 Å². The van der Waals surface area contributed by atoms with E-state index in [4.69, 9.17) is 4.42 Å². The van der Waals surface area contributed by atoms with Crippen LogP contribution in [0.4, 0.5) is 5.69 Å². The molecule has 0 bridgehead atoms. The number of benzene rings is 1. The van der Waals surface area contributed by atoms with E-state index >= 15 is 0 Å². The van der Waals surface area contributed by atoms with Gasteiger partial charge in [-0.15, -0.1) is 0 Å². The number of aliphatic imine (C=N–C) groups is 1. The van der Waals surface area contributed by atoms with Crippen molar-refractivity contribution in [1.82, 2.24) is 10.6 Å². The maximum Gasteiger partial charge on any atom is 0.191 e. The van der Waals surface area contributed by atoms with E-state index in [-0.39, 0.29) is 0 Å². The summed E-state index contributed by atoms with van der Waals surface area (Å²) in [5.74, 6) is 1.78. The minimum atomic E-state index is 0.749. The average Bonchev–Trinajstić information content (AvgIpc) is 3.32. The van der Waals surface area contributed by atoms with E-state index in [2.05, 4.69) is 56.9 Å². The molecule has 5 heteroatoms. The molecule has 5 nitrogen and oxygen atoms in total. The number of furan rings is 1. The SMILES string of the molecule is CN=C(NCCc1ccco1)NCc1ccc(N2CC=CC2)cc1. The second kappa shape index (κ2) is 8.24. The molecule has 2 heterocycles. The largest absolute Gasteiger partial charge is 0.469 e. The lowest BCUT2D eigenvalue weighted by molar-refractivity contribution is 0.507. The Kier molecular flexibility index (Phi) is 5.56. The number of hydrogen-bond donors (Lipinski definition) is 2. The second-order valence-electron chi connectivity index (χ2n) is 5.72. The summed E-state index contributed by atoms with van der Waals surface area (Å²) in [5.41, 5.74) is 2.50. The summed E-state index contributed by atoms with van der Waals surface area (Å²) in [6, 6.07) is 12.6. The highest BCUT2D eigenvalue weighted by atomic mass is 16.3. The van der Waals surface area contributed by atoms with E-state index in [1.165, 1.54) is 11.3 Å². The van der Waals surface area contributed by atoms with Gasteiger partial charge in [-0.05, 0) is 29.8 Å². The number of nitrogens with one attached hydrogen (secondary N) is 2. The van der Waals surface area contributed by atoms with Crippen molar-refractivity contribution in [3.8, 4) is 0 Å². The van der Waals surface area contributed by atoms with Crippen LogP contribution in [0.15, 0.2) is 64.2 Å². The molecule has 1 aliphatic heterocycles. The molecule has 1 aromatic carbocycles. The maximum atomic E-state index is 5.32.